The zero-order chi connectivity index (χ0) is 13.2. The fraction of sp³-hybridized carbons (Fsp3) is 0.467. The summed E-state index contributed by atoms with van der Waals surface area (Å²) in [5.41, 5.74) is 2.55. The number of piperazine rings is 1. The summed E-state index contributed by atoms with van der Waals surface area (Å²) < 4.78 is 2.14. The fourth-order valence-electron chi connectivity index (χ4n) is 2.91. The van der Waals surface area contributed by atoms with Crippen LogP contribution in [0.2, 0.25) is 5.02 Å². The standard InChI is InChI=1S/C15H20ClN3/c1-18-11-12(5-8-19-9-6-17-7-10-19)13-3-2-4-14(16)15(13)18/h2-4,11,17H,5-10H2,1H3. The van der Waals surface area contributed by atoms with Gasteiger partial charge in [0, 0.05) is 51.4 Å². The van der Waals surface area contributed by atoms with E-state index >= 15 is 0 Å². The van der Waals surface area contributed by atoms with E-state index in [4.69, 9.17) is 11.6 Å². The Morgan fingerprint density at radius 2 is 2.05 bits per heavy atom. The second kappa shape index (κ2) is 5.53. The summed E-state index contributed by atoms with van der Waals surface area (Å²) in [6.07, 6.45) is 3.32. The fourth-order valence-corrected chi connectivity index (χ4v) is 3.22. The van der Waals surface area contributed by atoms with E-state index in [0.717, 1.165) is 49.7 Å². The molecule has 0 unspecified atom stereocenters. The van der Waals surface area contributed by atoms with Gasteiger partial charge in [0.2, 0.25) is 0 Å². The minimum atomic E-state index is 0.841. The van der Waals surface area contributed by atoms with Gasteiger partial charge in [-0.25, -0.2) is 0 Å². The quantitative estimate of drug-likeness (QED) is 0.929. The number of nitrogens with zero attached hydrogens (tertiary/aromatic N) is 2. The van der Waals surface area contributed by atoms with Gasteiger partial charge in [0.15, 0.2) is 0 Å². The van der Waals surface area contributed by atoms with Crippen LogP contribution < -0.4 is 5.32 Å². The van der Waals surface area contributed by atoms with Crippen LogP contribution in [0, 0.1) is 0 Å². The van der Waals surface area contributed by atoms with Crippen LogP contribution in [0.4, 0.5) is 0 Å². The number of fused-ring (bicyclic) bond motifs is 1. The lowest BCUT2D eigenvalue weighted by Gasteiger charge is -2.26. The first-order valence-corrected chi connectivity index (χ1v) is 7.29. The predicted molar refractivity (Wildman–Crippen MR) is 80.9 cm³/mol. The number of hydrogen-bond donors (Lipinski definition) is 1. The summed E-state index contributed by atoms with van der Waals surface area (Å²) in [4.78, 5) is 2.53. The molecule has 3 rings (SSSR count). The van der Waals surface area contributed by atoms with Crippen molar-refractivity contribution in [3.05, 3.63) is 35.0 Å². The van der Waals surface area contributed by atoms with E-state index in [1.165, 1.54) is 10.9 Å². The lowest BCUT2D eigenvalue weighted by molar-refractivity contribution is 0.244. The molecule has 1 aliphatic heterocycles. The third-order valence-corrected chi connectivity index (χ3v) is 4.25. The van der Waals surface area contributed by atoms with Crippen molar-refractivity contribution in [3.8, 4) is 0 Å². The Morgan fingerprint density at radius 3 is 2.84 bits per heavy atom. The van der Waals surface area contributed by atoms with Crippen molar-refractivity contribution >= 4 is 22.5 Å². The minimum absolute atomic E-state index is 0.841. The van der Waals surface area contributed by atoms with Gasteiger partial charge in [-0.3, -0.25) is 0 Å². The highest BCUT2D eigenvalue weighted by molar-refractivity contribution is 6.35. The maximum absolute atomic E-state index is 6.28. The molecule has 1 aromatic heterocycles. The third kappa shape index (κ3) is 2.64. The predicted octanol–water partition coefficient (Wildman–Crippen LogP) is 2.28. The zero-order valence-electron chi connectivity index (χ0n) is 11.3. The molecule has 0 amide bonds. The molecular formula is C15H20ClN3. The average molecular weight is 278 g/mol. The zero-order valence-corrected chi connectivity index (χ0v) is 12.1. The van der Waals surface area contributed by atoms with Gasteiger partial charge < -0.3 is 14.8 Å². The lowest BCUT2D eigenvalue weighted by atomic mass is 10.1. The number of hydrogen-bond acceptors (Lipinski definition) is 2. The Hall–Kier alpha value is -1.03. The highest BCUT2D eigenvalue weighted by Gasteiger charge is 2.12. The molecule has 19 heavy (non-hydrogen) atoms. The van der Waals surface area contributed by atoms with Crippen LogP contribution in [0.5, 0.6) is 0 Å². The van der Waals surface area contributed by atoms with Crippen molar-refractivity contribution < 1.29 is 0 Å². The molecule has 4 heteroatoms. The Balaban J connectivity index is 1.79. The molecule has 1 fully saturated rings. The SMILES string of the molecule is Cn1cc(CCN2CCNCC2)c2cccc(Cl)c21. The molecule has 0 bridgehead atoms. The monoisotopic (exact) mass is 277 g/mol. The van der Waals surface area contributed by atoms with E-state index in [0.29, 0.717) is 0 Å². The third-order valence-electron chi connectivity index (χ3n) is 3.94. The number of benzene rings is 1. The summed E-state index contributed by atoms with van der Waals surface area (Å²) in [5, 5.41) is 5.53. The van der Waals surface area contributed by atoms with Crippen LogP contribution in [0.25, 0.3) is 10.9 Å². The van der Waals surface area contributed by atoms with Gasteiger partial charge in [0.1, 0.15) is 0 Å². The molecule has 2 heterocycles. The maximum Gasteiger partial charge on any atom is 0.0669 e. The highest BCUT2D eigenvalue weighted by Crippen LogP contribution is 2.27. The molecule has 2 aromatic rings. The smallest absolute Gasteiger partial charge is 0.0669 e. The molecule has 1 saturated heterocycles. The topological polar surface area (TPSA) is 20.2 Å². The Kier molecular flexibility index (Phi) is 3.78. The summed E-state index contributed by atoms with van der Waals surface area (Å²) in [6.45, 7) is 5.67. The molecule has 1 aliphatic rings. The van der Waals surface area contributed by atoms with Crippen LogP contribution in [0.3, 0.4) is 0 Å². The van der Waals surface area contributed by atoms with Crippen LogP contribution in [0.15, 0.2) is 24.4 Å². The van der Waals surface area contributed by atoms with Crippen molar-refractivity contribution in [1.29, 1.82) is 0 Å². The number of nitrogens with one attached hydrogen (secondary N) is 1. The first-order valence-electron chi connectivity index (χ1n) is 6.91. The lowest BCUT2D eigenvalue weighted by Crippen LogP contribution is -2.44. The Morgan fingerprint density at radius 1 is 1.26 bits per heavy atom. The Labute approximate surface area is 119 Å². The normalized spacial score (nSPS) is 17.2. The number of halogens is 1. The number of aryl methyl sites for hydroxylation is 1. The van der Waals surface area contributed by atoms with Crippen molar-refractivity contribution in [2.24, 2.45) is 7.05 Å². The number of rotatable bonds is 3. The van der Waals surface area contributed by atoms with Crippen LogP contribution >= 0.6 is 11.6 Å². The minimum Gasteiger partial charge on any atom is -0.349 e. The second-order valence-corrected chi connectivity index (χ2v) is 5.65. The van der Waals surface area contributed by atoms with E-state index in [1.54, 1.807) is 0 Å². The first-order chi connectivity index (χ1) is 9.25. The average Bonchev–Trinajstić information content (AvgIpc) is 2.76. The molecule has 3 nitrogen and oxygen atoms in total. The van der Waals surface area contributed by atoms with Gasteiger partial charge in [0.25, 0.3) is 0 Å². The van der Waals surface area contributed by atoms with Crippen molar-refractivity contribution in [2.75, 3.05) is 32.7 Å². The maximum atomic E-state index is 6.28. The van der Waals surface area contributed by atoms with E-state index < -0.39 is 0 Å². The Bertz CT molecular complexity index is 570. The molecule has 102 valence electrons. The highest BCUT2D eigenvalue weighted by atomic mass is 35.5. The van der Waals surface area contributed by atoms with Gasteiger partial charge in [-0.15, -0.1) is 0 Å². The van der Waals surface area contributed by atoms with E-state index in [-0.39, 0.29) is 0 Å². The number of aromatic nitrogens is 1. The molecular weight excluding hydrogens is 258 g/mol. The molecule has 1 aromatic carbocycles. The van der Waals surface area contributed by atoms with Gasteiger partial charge in [-0.2, -0.15) is 0 Å². The van der Waals surface area contributed by atoms with E-state index in [9.17, 15) is 0 Å². The van der Waals surface area contributed by atoms with Gasteiger partial charge >= 0.3 is 0 Å². The van der Waals surface area contributed by atoms with Crippen molar-refractivity contribution in [1.82, 2.24) is 14.8 Å². The summed E-state index contributed by atoms with van der Waals surface area (Å²) in [7, 11) is 2.07. The summed E-state index contributed by atoms with van der Waals surface area (Å²) >= 11 is 6.28. The molecule has 1 N–H and O–H groups in total. The van der Waals surface area contributed by atoms with Crippen LogP contribution in [-0.2, 0) is 13.5 Å². The van der Waals surface area contributed by atoms with Crippen molar-refractivity contribution in [3.63, 3.8) is 0 Å². The van der Waals surface area contributed by atoms with Gasteiger partial charge in [0.05, 0.1) is 10.5 Å². The first kappa shape index (κ1) is 13.0. The van der Waals surface area contributed by atoms with Crippen LogP contribution in [0.1, 0.15) is 5.56 Å². The molecule has 0 saturated carbocycles. The van der Waals surface area contributed by atoms with E-state index in [1.807, 2.05) is 12.1 Å². The van der Waals surface area contributed by atoms with E-state index in [2.05, 4.69) is 34.1 Å². The molecule has 0 spiro atoms. The van der Waals surface area contributed by atoms with Crippen LogP contribution in [-0.4, -0.2) is 42.2 Å². The van der Waals surface area contributed by atoms with Crippen molar-refractivity contribution in [2.45, 2.75) is 6.42 Å². The summed E-state index contributed by atoms with van der Waals surface area (Å²) in [5.74, 6) is 0. The molecule has 0 radical (unpaired) electrons. The van der Waals surface area contributed by atoms with Gasteiger partial charge in [-0.05, 0) is 18.1 Å². The van der Waals surface area contributed by atoms with Gasteiger partial charge in [-0.1, -0.05) is 23.7 Å². The summed E-state index contributed by atoms with van der Waals surface area (Å²) in [6, 6.07) is 6.18. The molecule has 0 aliphatic carbocycles. The largest absolute Gasteiger partial charge is 0.349 e. The number of para-hydroxylation sites is 1. The second-order valence-electron chi connectivity index (χ2n) is 5.24. The molecule has 0 atom stereocenters.